The van der Waals surface area contributed by atoms with Crippen LogP contribution in [0, 0.1) is 0 Å². The van der Waals surface area contributed by atoms with Gasteiger partial charge in [-0.15, -0.1) is 0 Å². The van der Waals surface area contributed by atoms with Gasteiger partial charge in [0.25, 0.3) is 0 Å². The lowest BCUT2D eigenvalue weighted by molar-refractivity contribution is -0.136. The lowest BCUT2D eigenvalue weighted by atomic mass is 10.1. The van der Waals surface area contributed by atoms with Crippen molar-refractivity contribution >= 4 is 17.8 Å². The van der Waals surface area contributed by atoms with E-state index in [-0.39, 0.29) is 0 Å². The predicted octanol–water partition coefficient (Wildman–Crippen LogP) is 2.92. The van der Waals surface area contributed by atoms with Crippen molar-refractivity contribution in [3.63, 3.8) is 0 Å². The van der Waals surface area contributed by atoms with Gasteiger partial charge in [-0.1, -0.05) is 0 Å². The topological polar surface area (TPSA) is 89.5 Å². The van der Waals surface area contributed by atoms with Gasteiger partial charge in [-0.2, -0.15) is 0 Å². The number of Topliss-reactive ketones (excluding diaryl/α,β-unsaturated/α-hetero) is 1. The number of rotatable bonds is 8. The maximum Gasteiger partial charge on any atom is 0.331 e. The summed E-state index contributed by atoms with van der Waals surface area (Å²) in [6, 6.07) is 8.22. The maximum atomic E-state index is 12.4. The van der Waals surface area contributed by atoms with E-state index in [2.05, 4.69) is 0 Å². The Labute approximate surface area is 173 Å². The molecule has 1 aliphatic rings. The van der Waals surface area contributed by atoms with Crippen LogP contribution in [0.3, 0.4) is 0 Å². The third-order valence-corrected chi connectivity index (χ3v) is 4.32. The molecule has 8 nitrogen and oxygen atoms in total. The minimum absolute atomic E-state index is 0.298. The van der Waals surface area contributed by atoms with Gasteiger partial charge in [0.05, 0.1) is 26.9 Å². The number of ether oxygens (including phenoxy) is 6. The number of carbonyl (C=O) groups is 2. The second-order valence-electron chi connectivity index (χ2n) is 6.18. The molecule has 0 radical (unpaired) electrons. The fourth-order valence-corrected chi connectivity index (χ4v) is 2.85. The molecular weight excluding hydrogens is 392 g/mol. The molecule has 0 spiro atoms. The zero-order valence-corrected chi connectivity index (χ0v) is 16.9. The van der Waals surface area contributed by atoms with Gasteiger partial charge in [-0.05, 0) is 35.9 Å². The second-order valence-corrected chi connectivity index (χ2v) is 6.18. The number of benzene rings is 2. The Hall–Kier alpha value is -3.68. The van der Waals surface area contributed by atoms with Crippen LogP contribution in [0.5, 0.6) is 28.7 Å². The van der Waals surface area contributed by atoms with E-state index in [0.29, 0.717) is 53.1 Å². The van der Waals surface area contributed by atoms with Gasteiger partial charge in [-0.25, -0.2) is 4.79 Å². The molecule has 2 aromatic rings. The number of ketones is 1. The van der Waals surface area contributed by atoms with E-state index < -0.39 is 18.4 Å². The van der Waals surface area contributed by atoms with Crippen LogP contribution < -0.4 is 23.7 Å². The van der Waals surface area contributed by atoms with Crippen molar-refractivity contribution in [2.45, 2.75) is 0 Å². The summed E-state index contributed by atoms with van der Waals surface area (Å²) in [5.41, 5.74) is 0.961. The Morgan fingerprint density at radius 3 is 2.47 bits per heavy atom. The largest absolute Gasteiger partial charge is 0.497 e. The molecule has 30 heavy (non-hydrogen) atoms. The zero-order chi connectivity index (χ0) is 21.5. The lowest BCUT2D eigenvalue weighted by Crippen LogP contribution is -2.16. The van der Waals surface area contributed by atoms with Gasteiger partial charge in [0.1, 0.15) is 24.7 Å². The molecule has 0 amide bonds. The molecule has 2 aromatic carbocycles. The fourth-order valence-electron chi connectivity index (χ4n) is 2.85. The summed E-state index contributed by atoms with van der Waals surface area (Å²) in [6.07, 6.45) is 2.77. The molecule has 3 rings (SSSR count). The third-order valence-electron chi connectivity index (χ3n) is 4.32. The molecule has 1 aliphatic heterocycles. The molecule has 0 atom stereocenters. The highest BCUT2D eigenvalue weighted by molar-refractivity contribution is 6.01. The molecule has 0 bridgehead atoms. The highest BCUT2D eigenvalue weighted by Crippen LogP contribution is 2.40. The van der Waals surface area contributed by atoms with E-state index in [9.17, 15) is 9.59 Å². The molecule has 0 aromatic heterocycles. The molecule has 158 valence electrons. The van der Waals surface area contributed by atoms with E-state index in [1.165, 1.54) is 27.4 Å². The first-order valence-electron chi connectivity index (χ1n) is 9.13. The Morgan fingerprint density at radius 1 is 0.967 bits per heavy atom. The van der Waals surface area contributed by atoms with E-state index in [1.807, 2.05) is 0 Å². The maximum absolute atomic E-state index is 12.4. The van der Waals surface area contributed by atoms with Crippen LogP contribution in [-0.4, -0.2) is 52.9 Å². The standard InChI is InChI=1S/C22H22O8/c1-25-15-5-6-16(18(12-15)26-2)17(23)13-30-21(24)7-4-14-10-19(27-3)22-20(11-14)28-8-9-29-22/h4-7,10-12H,8-9,13H2,1-3H3/b7-4+. The SMILES string of the molecule is COc1ccc(C(=O)COC(=O)/C=C/c2cc(OC)c3c(c2)OCCO3)c(OC)c1. The van der Waals surface area contributed by atoms with Crippen LogP contribution in [0.2, 0.25) is 0 Å². The molecule has 0 N–H and O–H groups in total. The first-order valence-corrected chi connectivity index (χ1v) is 9.13. The molecule has 0 aliphatic carbocycles. The van der Waals surface area contributed by atoms with E-state index in [1.54, 1.807) is 36.4 Å². The summed E-state index contributed by atoms with van der Waals surface area (Å²) in [5, 5.41) is 0. The van der Waals surface area contributed by atoms with Gasteiger partial charge in [-0.3, -0.25) is 4.79 Å². The minimum Gasteiger partial charge on any atom is -0.497 e. The quantitative estimate of drug-likeness (QED) is 0.370. The predicted molar refractivity (Wildman–Crippen MR) is 108 cm³/mol. The number of fused-ring (bicyclic) bond motifs is 1. The molecule has 1 heterocycles. The van der Waals surface area contributed by atoms with Gasteiger partial charge >= 0.3 is 5.97 Å². The van der Waals surface area contributed by atoms with Gasteiger partial charge in [0, 0.05) is 12.1 Å². The number of esters is 1. The summed E-state index contributed by atoms with van der Waals surface area (Å²) >= 11 is 0. The van der Waals surface area contributed by atoms with Crippen LogP contribution in [0.25, 0.3) is 6.08 Å². The Balaban J connectivity index is 1.63. The summed E-state index contributed by atoms with van der Waals surface area (Å²) < 4.78 is 31.8. The average Bonchev–Trinajstić information content (AvgIpc) is 2.79. The molecule has 0 saturated heterocycles. The Bertz CT molecular complexity index is 947. The normalized spacial score (nSPS) is 12.4. The van der Waals surface area contributed by atoms with E-state index in [4.69, 9.17) is 28.4 Å². The first-order chi connectivity index (χ1) is 14.5. The minimum atomic E-state index is -0.662. The van der Waals surface area contributed by atoms with Gasteiger partial charge in [0.15, 0.2) is 18.1 Å². The fraction of sp³-hybridized carbons (Fsp3) is 0.273. The summed E-state index contributed by atoms with van der Waals surface area (Å²) in [4.78, 5) is 24.4. The van der Waals surface area contributed by atoms with Crippen molar-refractivity contribution in [1.82, 2.24) is 0 Å². The zero-order valence-electron chi connectivity index (χ0n) is 16.9. The highest BCUT2D eigenvalue weighted by atomic mass is 16.6. The summed E-state index contributed by atoms with van der Waals surface area (Å²) in [6.45, 7) is 0.455. The average molecular weight is 414 g/mol. The number of carbonyl (C=O) groups excluding carboxylic acids is 2. The van der Waals surface area contributed by atoms with Gasteiger partial charge in [0.2, 0.25) is 11.5 Å². The molecular formula is C22H22O8. The molecule has 8 heteroatoms. The van der Waals surface area contributed by atoms with Crippen molar-refractivity contribution < 1.29 is 38.0 Å². The number of methoxy groups -OCH3 is 3. The molecule has 0 saturated carbocycles. The van der Waals surface area contributed by atoms with Crippen LogP contribution >= 0.6 is 0 Å². The van der Waals surface area contributed by atoms with E-state index in [0.717, 1.165) is 0 Å². The molecule has 0 unspecified atom stereocenters. The van der Waals surface area contributed by atoms with E-state index >= 15 is 0 Å². The van der Waals surface area contributed by atoms with Crippen LogP contribution in [0.1, 0.15) is 15.9 Å². The second kappa shape index (κ2) is 9.69. The number of hydrogen-bond donors (Lipinski definition) is 0. The highest BCUT2D eigenvalue weighted by Gasteiger charge is 2.18. The van der Waals surface area contributed by atoms with Crippen molar-refractivity contribution in [2.24, 2.45) is 0 Å². The van der Waals surface area contributed by atoms with Crippen LogP contribution in [-0.2, 0) is 9.53 Å². The van der Waals surface area contributed by atoms with Crippen molar-refractivity contribution in [3.05, 3.63) is 47.5 Å². The summed E-state index contributed by atoms with van der Waals surface area (Å²) in [7, 11) is 4.48. The third kappa shape index (κ3) is 4.83. The van der Waals surface area contributed by atoms with Crippen LogP contribution in [0.4, 0.5) is 0 Å². The lowest BCUT2D eigenvalue weighted by Gasteiger charge is -2.20. The first kappa shape index (κ1) is 21.0. The Kier molecular flexibility index (Phi) is 6.79. The van der Waals surface area contributed by atoms with Crippen LogP contribution in [0.15, 0.2) is 36.4 Å². The summed E-state index contributed by atoms with van der Waals surface area (Å²) in [5.74, 6) is 1.41. The van der Waals surface area contributed by atoms with Gasteiger partial charge < -0.3 is 28.4 Å². The van der Waals surface area contributed by atoms with Crippen molar-refractivity contribution in [3.8, 4) is 28.7 Å². The Morgan fingerprint density at radius 2 is 1.73 bits per heavy atom. The monoisotopic (exact) mass is 414 g/mol. The molecule has 0 fully saturated rings. The smallest absolute Gasteiger partial charge is 0.331 e. The van der Waals surface area contributed by atoms with Crippen molar-refractivity contribution in [2.75, 3.05) is 41.2 Å². The van der Waals surface area contributed by atoms with Crippen molar-refractivity contribution in [1.29, 1.82) is 0 Å². The number of hydrogen-bond acceptors (Lipinski definition) is 8.